The molecule has 3 aliphatic rings. The molecule has 37 heavy (non-hydrogen) atoms. The summed E-state index contributed by atoms with van der Waals surface area (Å²) in [6.45, 7) is -0.692. The number of nitrogens with zero attached hydrogens (tertiary/aromatic N) is 3. The van der Waals surface area contributed by atoms with Gasteiger partial charge in [0.25, 0.3) is 23.4 Å². The first-order valence-corrected chi connectivity index (χ1v) is 13.8. The van der Waals surface area contributed by atoms with Crippen molar-refractivity contribution in [2.24, 2.45) is 23.7 Å². The highest BCUT2D eigenvalue weighted by atomic mass is 79.9. The van der Waals surface area contributed by atoms with Crippen LogP contribution in [0.25, 0.3) is 0 Å². The van der Waals surface area contributed by atoms with Crippen molar-refractivity contribution in [2.75, 3.05) is 6.54 Å². The predicted octanol–water partition coefficient (Wildman–Crippen LogP) is 4.92. The van der Waals surface area contributed by atoms with Gasteiger partial charge in [0.15, 0.2) is 5.78 Å². The van der Waals surface area contributed by atoms with E-state index in [-0.39, 0.29) is 48.3 Å². The standard InChI is InChI=1S/C24H17Br2Cl2N3O6/c25-20-13-8-14(21(20)26)19-18(13)23(34)30(24(19)35)29(22(33)11-4-5-15(27)16(28)7-11)9-17(32)10-2-1-3-12(6-10)31(36)37/h1-7,13-14,18-21H,8-9H2/t13-,14-,18-,19+,20-,21+/m1/s1. The second kappa shape index (κ2) is 9.76. The van der Waals surface area contributed by atoms with E-state index in [0.717, 1.165) is 16.1 Å². The van der Waals surface area contributed by atoms with Gasteiger partial charge in [-0.2, -0.15) is 5.01 Å². The number of carbonyl (C=O) groups is 4. The smallest absolute Gasteiger partial charge is 0.273 e. The quantitative estimate of drug-likeness (QED) is 0.141. The van der Waals surface area contributed by atoms with Gasteiger partial charge in [-0.05, 0) is 36.5 Å². The molecule has 3 amide bonds. The first kappa shape index (κ1) is 26.3. The van der Waals surface area contributed by atoms with Crippen LogP contribution in [0.2, 0.25) is 10.0 Å². The Morgan fingerprint density at radius 3 is 2.16 bits per heavy atom. The molecule has 2 aromatic rings. The molecule has 2 aromatic carbocycles. The third-order valence-corrected chi connectivity index (χ3v) is 11.2. The van der Waals surface area contributed by atoms with E-state index in [1.165, 1.54) is 36.4 Å². The number of halogens is 4. The van der Waals surface area contributed by atoms with Crippen molar-refractivity contribution < 1.29 is 24.1 Å². The molecule has 0 aromatic heterocycles. The fourth-order valence-corrected chi connectivity index (χ4v) is 7.77. The van der Waals surface area contributed by atoms with Crippen molar-refractivity contribution in [1.82, 2.24) is 10.0 Å². The summed E-state index contributed by atoms with van der Waals surface area (Å²) in [5.41, 5.74) is -0.334. The SMILES string of the molecule is O=C(CN(C(=O)c1ccc(Cl)c(Cl)c1)N1C(=O)[C@@H]2[C@H]3C[C@@H]([C@H](Br)[C@@H]3Br)[C@@H]2C1=O)c1cccc([N+](=O)[O-])c1. The number of hydrogen-bond acceptors (Lipinski definition) is 6. The molecule has 0 spiro atoms. The summed E-state index contributed by atoms with van der Waals surface area (Å²) in [5, 5.41) is 13.0. The third-order valence-electron chi connectivity index (χ3n) is 7.28. The molecule has 1 saturated heterocycles. The normalized spacial score (nSPS) is 27.9. The van der Waals surface area contributed by atoms with Crippen LogP contribution in [0.1, 0.15) is 27.1 Å². The van der Waals surface area contributed by atoms with Crippen LogP contribution in [0.15, 0.2) is 42.5 Å². The summed E-state index contributed by atoms with van der Waals surface area (Å²) in [6.07, 6.45) is 0.694. The Hall–Kier alpha value is -2.34. The second-order valence-corrected chi connectivity index (χ2v) is 12.1. The molecule has 2 aliphatic carbocycles. The van der Waals surface area contributed by atoms with Gasteiger partial charge in [0.1, 0.15) is 6.54 Å². The van der Waals surface area contributed by atoms with Gasteiger partial charge in [-0.3, -0.25) is 29.3 Å². The average Bonchev–Trinajstić information content (AvgIpc) is 3.48. The number of ketones is 1. The lowest BCUT2D eigenvalue weighted by Gasteiger charge is -2.31. The number of carbonyl (C=O) groups excluding carboxylic acids is 4. The van der Waals surface area contributed by atoms with E-state index in [2.05, 4.69) is 31.9 Å². The number of nitro benzene ring substituents is 1. The number of benzene rings is 2. The summed E-state index contributed by atoms with van der Waals surface area (Å²) in [6, 6.07) is 9.08. The molecule has 5 rings (SSSR count). The lowest BCUT2D eigenvalue weighted by molar-refractivity contribution is -0.384. The molecule has 0 radical (unpaired) electrons. The number of alkyl halides is 2. The van der Waals surface area contributed by atoms with Crippen LogP contribution >= 0.6 is 55.1 Å². The van der Waals surface area contributed by atoms with Gasteiger partial charge in [0.05, 0.1) is 26.8 Å². The molecule has 0 unspecified atom stereocenters. The fourth-order valence-electron chi connectivity index (χ4n) is 5.60. The molecule has 2 saturated carbocycles. The highest BCUT2D eigenvalue weighted by Gasteiger charge is 2.67. The third kappa shape index (κ3) is 4.29. The van der Waals surface area contributed by atoms with Gasteiger partial charge in [0, 0.05) is 32.9 Å². The van der Waals surface area contributed by atoms with Gasteiger partial charge in [-0.25, -0.2) is 5.01 Å². The number of rotatable bonds is 6. The van der Waals surface area contributed by atoms with Crippen LogP contribution < -0.4 is 0 Å². The van der Waals surface area contributed by atoms with Crippen LogP contribution in [0, 0.1) is 33.8 Å². The zero-order chi connectivity index (χ0) is 26.8. The summed E-state index contributed by atoms with van der Waals surface area (Å²) in [5.74, 6) is -4.03. The number of hydrogen-bond donors (Lipinski definition) is 0. The Balaban J connectivity index is 1.52. The topological polar surface area (TPSA) is 118 Å². The van der Waals surface area contributed by atoms with Crippen molar-refractivity contribution in [3.05, 3.63) is 73.8 Å². The molecular weight excluding hydrogens is 657 g/mol. The molecule has 2 bridgehead atoms. The molecule has 1 heterocycles. The van der Waals surface area contributed by atoms with E-state index in [9.17, 15) is 29.3 Å². The van der Waals surface area contributed by atoms with Gasteiger partial charge >= 0.3 is 0 Å². The first-order chi connectivity index (χ1) is 17.5. The highest BCUT2D eigenvalue weighted by molar-refractivity contribution is 9.12. The lowest BCUT2D eigenvalue weighted by Crippen LogP contribution is -2.52. The average molecular weight is 674 g/mol. The van der Waals surface area contributed by atoms with E-state index in [4.69, 9.17) is 23.2 Å². The van der Waals surface area contributed by atoms with E-state index in [1.54, 1.807) is 0 Å². The van der Waals surface area contributed by atoms with Crippen LogP contribution in [0.4, 0.5) is 5.69 Å². The maximum atomic E-state index is 13.7. The maximum absolute atomic E-state index is 13.7. The fraction of sp³-hybridized carbons (Fsp3) is 0.333. The monoisotopic (exact) mass is 671 g/mol. The van der Waals surface area contributed by atoms with Crippen molar-refractivity contribution in [3.8, 4) is 0 Å². The number of imide groups is 1. The molecule has 192 valence electrons. The molecule has 3 fully saturated rings. The largest absolute Gasteiger partial charge is 0.292 e. The Morgan fingerprint density at radius 1 is 0.973 bits per heavy atom. The van der Waals surface area contributed by atoms with E-state index < -0.39 is 46.8 Å². The van der Waals surface area contributed by atoms with E-state index in [1.807, 2.05) is 0 Å². The first-order valence-electron chi connectivity index (χ1n) is 11.2. The number of amides is 3. The Labute approximate surface area is 237 Å². The number of non-ortho nitro benzene ring substituents is 1. The van der Waals surface area contributed by atoms with Gasteiger partial charge < -0.3 is 0 Å². The minimum absolute atomic E-state index is 0.0126. The van der Waals surface area contributed by atoms with Gasteiger partial charge in [-0.15, -0.1) is 0 Å². The van der Waals surface area contributed by atoms with E-state index >= 15 is 0 Å². The predicted molar refractivity (Wildman–Crippen MR) is 141 cm³/mol. The zero-order valence-electron chi connectivity index (χ0n) is 18.7. The van der Waals surface area contributed by atoms with Crippen LogP contribution in [0.3, 0.4) is 0 Å². The van der Waals surface area contributed by atoms with Crippen molar-refractivity contribution in [3.63, 3.8) is 0 Å². The molecule has 0 N–H and O–H groups in total. The maximum Gasteiger partial charge on any atom is 0.273 e. The van der Waals surface area contributed by atoms with Crippen LogP contribution in [-0.2, 0) is 9.59 Å². The summed E-state index contributed by atoms with van der Waals surface area (Å²) < 4.78 is 0. The van der Waals surface area contributed by atoms with Crippen LogP contribution in [0.5, 0.6) is 0 Å². The second-order valence-electron chi connectivity index (χ2n) is 9.21. The molecule has 13 heteroatoms. The Kier molecular flexibility index (Phi) is 6.93. The molecular formula is C24H17Br2Cl2N3O6. The lowest BCUT2D eigenvalue weighted by atomic mass is 9.81. The zero-order valence-corrected chi connectivity index (χ0v) is 23.4. The summed E-state index contributed by atoms with van der Waals surface area (Å²) in [7, 11) is 0. The molecule has 9 nitrogen and oxygen atoms in total. The van der Waals surface area contributed by atoms with Gasteiger partial charge in [0.2, 0.25) is 0 Å². The number of hydrazine groups is 1. The number of fused-ring (bicyclic) bond motifs is 5. The Bertz CT molecular complexity index is 1340. The van der Waals surface area contributed by atoms with Gasteiger partial charge in [-0.1, -0.05) is 67.2 Å². The summed E-state index contributed by atoms with van der Waals surface area (Å²) >= 11 is 19.3. The number of Topliss-reactive ketones (excluding diaryl/α,β-unsaturated/α-hetero) is 1. The molecule has 6 atom stereocenters. The van der Waals surface area contributed by atoms with Crippen LogP contribution in [-0.4, -0.2) is 54.6 Å². The molecule has 1 aliphatic heterocycles. The highest BCUT2D eigenvalue weighted by Crippen LogP contribution is 2.60. The van der Waals surface area contributed by atoms with Crippen molar-refractivity contribution in [2.45, 2.75) is 16.1 Å². The minimum atomic E-state index is -0.808. The van der Waals surface area contributed by atoms with Crippen molar-refractivity contribution in [1.29, 1.82) is 0 Å². The minimum Gasteiger partial charge on any atom is -0.292 e. The summed E-state index contributed by atoms with van der Waals surface area (Å²) in [4.78, 5) is 64.6. The van der Waals surface area contributed by atoms with E-state index in [0.29, 0.717) is 6.42 Å². The number of nitro groups is 1. The Morgan fingerprint density at radius 2 is 1.59 bits per heavy atom. The van der Waals surface area contributed by atoms with Crippen molar-refractivity contribution >= 4 is 84.3 Å².